The number of benzene rings is 1. The second kappa shape index (κ2) is 4.72. The van der Waals surface area contributed by atoms with Gasteiger partial charge in [-0.1, -0.05) is 0 Å². The third-order valence-corrected chi connectivity index (χ3v) is 2.17. The van der Waals surface area contributed by atoms with Crippen molar-refractivity contribution < 1.29 is 9.53 Å². The number of hydrogen-bond acceptors (Lipinski definition) is 3. The van der Waals surface area contributed by atoms with Crippen LogP contribution >= 0.6 is 9.24 Å². The largest absolute Gasteiger partial charge is 0.496 e. The first-order chi connectivity index (χ1) is 6.69. The summed E-state index contributed by atoms with van der Waals surface area (Å²) in [4.78, 5) is 10.1. The smallest absolute Gasteiger partial charge is 0.212 e. The molecule has 0 radical (unpaired) electrons. The highest BCUT2D eigenvalue weighted by Gasteiger charge is 2.03. The Kier molecular flexibility index (Phi) is 3.60. The van der Waals surface area contributed by atoms with E-state index in [-0.39, 0.29) is 5.84 Å². The molecule has 74 valence electrons. The zero-order valence-electron chi connectivity index (χ0n) is 7.70. The number of hydrogen-bond donors (Lipinski definition) is 2. The quantitative estimate of drug-likeness (QED) is 0.325. The first kappa shape index (κ1) is 10.7. The summed E-state index contributed by atoms with van der Waals surface area (Å²) >= 11 is 0. The molecular weight excluding hydrogens is 199 g/mol. The average Bonchev–Trinajstić information content (AvgIpc) is 2.18. The predicted octanol–water partition coefficient (Wildman–Crippen LogP) is 0.267. The lowest BCUT2D eigenvalue weighted by molar-refractivity contribution is -0.108. The fourth-order valence-corrected chi connectivity index (χ4v) is 1.43. The molecular formula is C9H11N2O2P. The minimum atomic E-state index is 0.0753. The van der Waals surface area contributed by atoms with E-state index in [0.717, 1.165) is 11.1 Å². The van der Waals surface area contributed by atoms with Crippen LogP contribution in [0.1, 0.15) is 5.56 Å². The van der Waals surface area contributed by atoms with Crippen LogP contribution in [0.4, 0.5) is 0 Å². The summed E-state index contributed by atoms with van der Waals surface area (Å²) in [5, 5.41) is 10.6. The Hall–Kier alpha value is -1.41. The molecule has 0 spiro atoms. The molecule has 1 amide bonds. The molecule has 0 saturated heterocycles. The predicted molar refractivity (Wildman–Crippen MR) is 58.4 cm³/mol. The molecule has 0 aromatic heterocycles. The van der Waals surface area contributed by atoms with Crippen LogP contribution in [-0.4, -0.2) is 19.4 Å². The number of amides is 1. The van der Waals surface area contributed by atoms with Crippen molar-refractivity contribution in [3.05, 3.63) is 23.8 Å². The van der Waals surface area contributed by atoms with E-state index in [4.69, 9.17) is 10.1 Å². The van der Waals surface area contributed by atoms with E-state index in [1.807, 2.05) is 0 Å². The van der Waals surface area contributed by atoms with E-state index >= 15 is 0 Å². The molecule has 0 heterocycles. The van der Waals surface area contributed by atoms with Gasteiger partial charge in [-0.15, -0.1) is 9.24 Å². The molecule has 2 N–H and O–H groups in total. The molecule has 1 rings (SSSR count). The summed E-state index contributed by atoms with van der Waals surface area (Å²) in [6.45, 7) is 0. The summed E-state index contributed by atoms with van der Waals surface area (Å²) in [5.41, 5.74) is 0.642. The molecule has 0 aliphatic rings. The van der Waals surface area contributed by atoms with E-state index in [0.29, 0.717) is 12.0 Å². The third kappa shape index (κ3) is 2.30. The number of carbonyl (C=O) groups excluding carboxylic acids is 1. The van der Waals surface area contributed by atoms with Gasteiger partial charge in [0.25, 0.3) is 0 Å². The van der Waals surface area contributed by atoms with Crippen LogP contribution in [0.2, 0.25) is 0 Å². The lowest BCUT2D eigenvalue weighted by Gasteiger charge is -2.07. The summed E-state index contributed by atoms with van der Waals surface area (Å²) in [6.07, 6.45) is 0.481. The molecule has 0 saturated carbocycles. The van der Waals surface area contributed by atoms with Crippen molar-refractivity contribution >= 4 is 26.8 Å². The van der Waals surface area contributed by atoms with Gasteiger partial charge in [-0.25, -0.2) is 0 Å². The van der Waals surface area contributed by atoms with Gasteiger partial charge in [-0.2, -0.15) is 0 Å². The Labute approximate surface area is 84.4 Å². The van der Waals surface area contributed by atoms with Crippen molar-refractivity contribution in [1.82, 2.24) is 5.32 Å². The van der Waals surface area contributed by atoms with Crippen molar-refractivity contribution in [2.75, 3.05) is 7.11 Å². The Balaban J connectivity index is 2.96. The van der Waals surface area contributed by atoms with E-state index in [1.165, 1.54) is 0 Å². The topological polar surface area (TPSA) is 62.2 Å². The average molecular weight is 210 g/mol. The molecule has 4 nitrogen and oxygen atoms in total. The Morgan fingerprint density at radius 3 is 2.86 bits per heavy atom. The van der Waals surface area contributed by atoms with Crippen LogP contribution in [0.5, 0.6) is 5.75 Å². The Bertz CT molecular complexity index is 366. The highest BCUT2D eigenvalue weighted by molar-refractivity contribution is 7.27. The van der Waals surface area contributed by atoms with Crippen LogP contribution in [0.3, 0.4) is 0 Å². The van der Waals surface area contributed by atoms with Crippen LogP contribution in [0.15, 0.2) is 18.2 Å². The van der Waals surface area contributed by atoms with Crippen molar-refractivity contribution in [3.63, 3.8) is 0 Å². The lowest BCUT2D eigenvalue weighted by atomic mass is 10.2. The molecule has 0 aliphatic carbocycles. The summed E-state index contributed by atoms with van der Waals surface area (Å²) < 4.78 is 5.06. The molecule has 5 heteroatoms. The van der Waals surface area contributed by atoms with Crippen LogP contribution in [0, 0.1) is 5.41 Å². The van der Waals surface area contributed by atoms with Gasteiger partial charge < -0.3 is 10.1 Å². The number of methoxy groups -OCH3 is 1. The number of nitrogens with one attached hydrogen (secondary N) is 2. The SMILES string of the molecule is COc1ccc(C(=N)NC=O)cc1P. The highest BCUT2D eigenvalue weighted by Crippen LogP contribution is 2.12. The van der Waals surface area contributed by atoms with Gasteiger partial charge in [0.15, 0.2) is 0 Å². The first-order valence-corrected chi connectivity index (χ1v) is 4.49. The maximum atomic E-state index is 10.1. The fourth-order valence-electron chi connectivity index (χ4n) is 1.03. The number of ether oxygens (including phenoxy) is 1. The number of carbonyl (C=O) groups is 1. The molecule has 1 unspecified atom stereocenters. The first-order valence-electron chi connectivity index (χ1n) is 3.91. The second-order valence-electron chi connectivity index (χ2n) is 2.59. The monoisotopic (exact) mass is 210 g/mol. The van der Waals surface area contributed by atoms with Gasteiger partial charge >= 0.3 is 0 Å². The van der Waals surface area contributed by atoms with Gasteiger partial charge in [0.2, 0.25) is 6.41 Å². The molecule has 0 aliphatic heterocycles. The zero-order chi connectivity index (χ0) is 10.6. The second-order valence-corrected chi connectivity index (χ2v) is 3.22. The van der Waals surface area contributed by atoms with Crippen LogP contribution in [0.25, 0.3) is 0 Å². The normalized spacial score (nSPS) is 9.29. The van der Waals surface area contributed by atoms with E-state index in [9.17, 15) is 4.79 Å². The van der Waals surface area contributed by atoms with Gasteiger partial charge in [-0.05, 0) is 18.2 Å². The molecule has 0 fully saturated rings. The third-order valence-electron chi connectivity index (χ3n) is 1.72. The van der Waals surface area contributed by atoms with E-state index < -0.39 is 0 Å². The van der Waals surface area contributed by atoms with Gasteiger partial charge in [0.1, 0.15) is 11.6 Å². The minimum absolute atomic E-state index is 0.0753. The summed E-state index contributed by atoms with van der Waals surface area (Å²) in [6, 6.07) is 5.21. The van der Waals surface area contributed by atoms with Crippen molar-refractivity contribution in [1.29, 1.82) is 5.41 Å². The van der Waals surface area contributed by atoms with E-state index in [2.05, 4.69) is 14.6 Å². The maximum absolute atomic E-state index is 10.1. The Morgan fingerprint density at radius 1 is 1.64 bits per heavy atom. The van der Waals surface area contributed by atoms with Crippen molar-refractivity contribution in [2.45, 2.75) is 0 Å². The standard InChI is InChI=1S/C9H11N2O2P/c1-13-7-3-2-6(4-8(7)14)9(10)11-5-12/h2-5H,14H2,1H3,(H2,10,11,12). The van der Waals surface area contributed by atoms with Crippen LogP contribution in [-0.2, 0) is 4.79 Å². The Morgan fingerprint density at radius 2 is 2.36 bits per heavy atom. The van der Waals surface area contributed by atoms with Crippen molar-refractivity contribution in [2.24, 2.45) is 0 Å². The molecule has 0 bridgehead atoms. The van der Waals surface area contributed by atoms with Crippen molar-refractivity contribution in [3.8, 4) is 5.75 Å². The van der Waals surface area contributed by atoms with Gasteiger partial charge in [-0.3, -0.25) is 10.2 Å². The summed E-state index contributed by atoms with van der Waals surface area (Å²) in [7, 11) is 4.09. The maximum Gasteiger partial charge on any atom is 0.212 e. The lowest BCUT2D eigenvalue weighted by Crippen LogP contribution is -2.22. The van der Waals surface area contributed by atoms with Gasteiger partial charge in [0, 0.05) is 10.9 Å². The molecule has 1 atom stereocenters. The molecule has 1 aromatic rings. The summed E-state index contributed by atoms with van der Waals surface area (Å²) in [5.74, 6) is 0.809. The molecule has 1 aromatic carbocycles. The van der Waals surface area contributed by atoms with Crippen LogP contribution < -0.4 is 15.4 Å². The van der Waals surface area contributed by atoms with E-state index in [1.54, 1.807) is 25.3 Å². The fraction of sp³-hybridized carbons (Fsp3) is 0.111. The minimum Gasteiger partial charge on any atom is -0.496 e. The number of amidine groups is 1. The number of rotatable bonds is 3. The van der Waals surface area contributed by atoms with Gasteiger partial charge in [0.05, 0.1) is 7.11 Å². The zero-order valence-corrected chi connectivity index (χ0v) is 8.86. The molecule has 14 heavy (non-hydrogen) atoms. The highest BCUT2D eigenvalue weighted by atomic mass is 31.0.